The second-order valence-electron chi connectivity index (χ2n) is 7.05. The number of thioether (sulfide) groups is 1. The first-order chi connectivity index (χ1) is 15.3. The van der Waals surface area contributed by atoms with Gasteiger partial charge in [-0.3, -0.25) is 4.79 Å². The fourth-order valence-electron chi connectivity index (χ4n) is 2.83. The molecule has 0 amide bonds. The molecule has 0 N–H and O–H groups in total. The molecule has 4 nitrogen and oxygen atoms in total. The van der Waals surface area contributed by atoms with Gasteiger partial charge in [0, 0.05) is 11.3 Å². The van der Waals surface area contributed by atoms with Crippen molar-refractivity contribution in [3.63, 3.8) is 0 Å². The highest BCUT2D eigenvalue weighted by Crippen LogP contribution is 2.31. The fraction of sp³-hybridized carbons (Fsp3) is 0.458. The van der Waals surface area contributed by atoms with Crippen molar-refractivity contribution in [2.75, 3.05) is 19.8 Å². The minimum atomic E-state index is -4.39. The summed E-state index contributed by atoms with van der Waals surface area (Å²) in [4.78, 5) is 13.1. The first-order valence-electron chi connectivity index (χ1n) is 10.7. The molecule has 0 aliphatic carbocycles. The van der Waals surface area contributed by atoms with Gasteiger partial charge in [-0.1, -0.05) is 25.8 Å². The van der Waals surface area contributed by atoms with Gasteiger partial charge < -0.3 is 14.2 Å². The summed E-state index contributed by atoms with van der Waals surface area (Å²) in [5, 5.41) is -0.227. The number of ether oxygens (including phenoxy) is 3. The first-order valence-corrected chi connectivity index (χ1v) is 11.6. The standard InChI is InChI=1S/C24H29F3O4S/c1-3-5-10-22(23(28)29-4-2)32-21-13-11-19(12-14-21)30-15-7-16-31-20-9-6-8-18(17-20)24(25,26)27/h6,8-9,11-14,17,22H,3-5,7,10,15-16H2,1-2H3. The minimum Gasteiger partial charge on any atom is -0.493 e. The molecule has 2 aromatic carbocycles. The van der Waals surface area contributed by atoms with Crippen LogP contribution in [0.1, 0.15) is 45.1 Å². The van der Waals surface area contributed by atoms with Crippen LogP contribution in [-0.2, 0) is 15.7 Å². The average Bonchev–Trinajstić information content (AvgIpc) is 2.77. The third-order valence-corrected chi connectivity index (χ3v) is 5.72. The highest BCUT2D eigenvalue weighted by molar-refractivity contribution is 8.00. The number of benzene rings is 2. The lowest BCUT2D eigenvalue weighted by Crippen LogP contribution is -2.20. The number of unbranched alkanes of at least 4 members (excludes halogenated alkanes) is 1. The Morgan fingerprint density at radius 2 is 1.66 bits per heavy atom. The van der Waals surface area contributed by atoms with E-state index < -0.39 is 11.7 Å². The van der Waals surface area contributed by atoms with Crippen LogP contribution in [0.5, 0.6) is 11.5 Å². The van der Waals surface area contributed by atoms with E-state index in [4.69, 9.17) is 14.2 Å². The van der Waals surface area contributed by atoms with Crippen molar-refractivity contribution in [1.82, 2.24) is 0 Å². The molecule has 0 aliphatic heterocycles. The lowest BCUT2D eigenvalue weighted by molar-refractivity contribution is -0.142. The Balaban J connectivity index is 1.76. The topological polar surface area (TPSA) is 44.8 Å². The van der Waals surface area contributed by atoms with Gasteiger partial charge in [-0.25, -0.2) is 0 Å². The number of carbonyl (C=O) groups is 1. The normalized spacial score (nSPS) is 12.3. The minimum absolute atomic E-state index is 0.181. The van der Waals surface area contributed by atoms with Crippen LogP contribution in [-0.4, -0.2) is 31.0 Å². The second-order valence-corrected chi connectivity index (χ2v) is 8.32. The Bertz CT molecular complexity index is 825. The molecule has 0 heterocycles. The monoisotopic (exact) mass is 470 g/mol. The molecule has 0 saturated heterocycles. The molecule has 0 aromatic heterocycles. The van der Waals surface area contributed by atoms with Gasteiger partial charge in [0.1, 0.15) is 16.7 Å². The smallest absolute Gasteiger partial charge is 0.416 e. The first kappa shape index (κ1) is 25.9. The van der Waals surface area contributed by atoms with E-state index in [1.54, 1.807) is 6.92 Å². The molecule has 1 atom stereocenters. The maximum absolute atomic E-state index is 12.7. The summed E-state index contributed by atoms with van der Waals surface area (Å²) in [6.07, 6.45) is -1.13. The van der Waals surface area contributed by atoms with E-state index in [1.807, 2.05) is 24.3 Å². The average molecular weight is 471 g/mol. The van der Waals surface area contributed by atoms with E-state index >= 15 is 0 Å². The molecule has 2 rings (SSSR count). The Morgan fingerprint density at radius 3 is 2.28 bits per heavy atom. The van der Waals surface area contributed by atoms with Gasteiger partial charge in [0.25, 0.3) is 0 Å². The van der Waals surface area contributed by atoms with Crippen LogP contribution in [0.25, 0.3) is 0 Å². The van der Waals surface area contributed by atoms with Gasteiger partial charge in [0.2, 0.25) is 0 Å². The Morgan fingerprint density at radius 1 is 0.969 bits per heavy atom. The number of carbonyl (C=O) groups excluding carboxylic acids is 1. The van der Waals surface area contributed by atoms with Crippen molar-refractivity contribution in [3.05, 3.63) is 54.1 Å². The van der Waals surface area contributed by atoms with Crippen LogP contribution in [0.2, 0.25) is 0 Å². The number of hydrogen-bond acceptors (Lipinski definition) is 5. The largest absolute Gasteiger partial charge is 0.493 e. The third kappa shape index (κ3) is 9.02. The van der Waals surface area contributed by atoms with Crippen LogP contribution < -0.4 is 9.47 Å². The van der Waals surface area contributed by atoms with Gasteiger partial charge in [0.15, 0.2) is 0 Å². The summed E-state index contributed by atoms with van der Waals surface area (Å²) in [6.45, 7) is 4.87. The summed E-state index contributed by atoms with van der Waals surface area (Å²) < 4.78 is 54.4. The molecule has 0 aliphatic rings. The van der Waals surface area contributed by atoms with Gasteiger partial charge in [-0.2, -0.15) is 13.2 Å². The van der Waals surface area contributed by atoms with Crippen LogP contribution >= 0.6 is 11.8 Å². The van der Waals surface area contributed by atoms with E-state index in [1.165, 1.54) is 23.9 Å². The van der Waals surface area contributed by atoms with Crippen molar-refractivity contribution < 1.29 is 32.2 Å². The summed E-state index contributed by atoms with van der Waals surface area (Å²) in [5.41, 5.74) is -0.732. The maximum Gasteiger partial charge on any atom is 0.416 e. The number of halogens is 3. The van der Waals surface area contributed by atoms with Crippen LogP contribution in [0.15, 0.2) is 53.4 Å². The summed E-state index contributed by atoms with van der Waals surface area (Å²) in [5.74, 6) is 0.669. The molecule has 0 fully saturated rings. The lowest BCUT2D eigenvalue weighted by Gasteiger charge is -2.15. The molecule has 32 heavy (non-hydrogen) atoms. The highest BCUT2D eigenvalue weighted by Gasteiger charge is 2.30. The predicted octanol–water partition coefficient (Wildman–Crippen LogP) is 6.77. The fourth-order valence-corrected chi connectivity index (χ4v) is 3.90. The molecule has 2 aromatic rings. The zero-order chi connectivity index (χ0) is 23.4. The van der Waals surface area contributed by atoms with E-state index in [-0.39, 0.29) is 23.6 Å². The number of rotatable bonds is 13. The molecule has 1 unspecified atom stereocenters. The van der Waals surface area contributed by atoms with Gasteiger partial charge in [0.05, 0.1) is 25.4 Å². The highest BCUT2D eigenvalue weighted by atomic mass is 32.2. The van der Waals surface area contributed by atoms with Gasteiger partial charge in [-0.05, 0) is 55.8 Å². The molecule has 0 bridgehead atoms. The van der Waals surface area contributed by atoms with Gasteiger partial charge in [-0.15, -0.1) is 11.8 Å². The zero-order valence-electron chi connectivity index (χ0n) is 18.3. The van der Waals surface area contributed by atoms with Gasteiger partial charge >= 0.3 is 12.1 Å². The van der Waals surface area contributed by atoms with E-state index in [0.717, 1.165) is 36.3 Å². The molecule has 0 spiro atoms. The molecular formula is C24H29F3O4S. The maximum atomic E-state index is 12.7. The Hall–Kier alpha value is -2.35. The quantitative estimate of drug-likeness (QED) is 0.184. The molecule has 0 radical (unpaired) electrons. The predicted molar refractivity (Wildman–Crippen MR) is 119 cm³/mol. The van der Waals surface area contributed by atoms with Crippen LogP contribution in [0.4, 0.5) is 13.2 Å². The zero-order valence-corrected chi connectivity index (χ0v) is 19.1. The molecular weight excluding hydrogens is 441 g/mol. The van der Waals surface area contributed by atoms with Crippen molar-refractivity contribution >= 4 is 17.7 Å². The summed E-state index contributed by atoms with van der Waals surface area (Å²) in [7, 11) is 0. The molecule has 8 heteroatoms. The summed E-state index contributed by atoms with van der Waals surface area (Å²) >= 11 is 1.49. The SMILES string of the molecule is CCCCC(Sc1ccc(OCCCOc2cccc(C(F)(F)F)c2)cc1)C(=O)OCC. The Labute approximate surface area is 191 Å². The van der Waals surface area contributed by atoms with Crippen molar-refractivity contribution in [2.45, 2.75) is 55.9 Å². The molecule has 0 saturated carbocycles. The van der Waals surface area contributed by atoms with E-state index in [2.05, 4.69) is 6.92 Å². The van der Waals surface area contributed by atoms with Crippen LogP contribution in [0, 0.1) is 0 Å². The van der Waals surface area contributed by atoms with E-state index in [9.17, 15) is 18.0 Å². The lowest BCUT2D eigenvalue weighted by atomic mass is 10.2. The number of hydrogen-bond donors (Lipinski definition) is 0. The van der Waals surface area contributed by atoms with Crippen molar-refractivity contribution in [3.8, 4) is 11.5 Å². The Kier molecular flexibility index (Phi) is 10.7. The van der Waals surface area contributed by atoms with Crippen LogP contribution in [0.3, 0.4) is 0 Å². The van der Waals surface area contributed by atoms with E-state index in [0.29, 0.717) is 25.4 Å². The second kappa shape index (κ2) is 13.3. The molecule has 176 valence electrons. The number of esters is 1. The number of alkyl halides is 3. The summed E-state index contributed by atoms with van der Waals surface area (Å²) in [6, 6.07) is 12.3. The van der Waals surface area contributed by atoms with Crippen molar-refractivity contribution in [1.29, 1.82) is 0 Å². The van der Waals surface area contributed by atoms with Crippen molar-refractivity contribution in [2.24, 2.45) is 0 Å². The third-order valence-electron chi connectivity index (χ3n) is 4.46.